The molecule has 1 aromatic heterocycles. The topological polar surface area (TPSA) is 60.2 Å². The number of ether oxygens (including phenoxy) is 1. The minimum Gasteiger partial charge on any atom is -0.506 e. The Balaban J connectivity index is 2.19. The first-order valence-corrected chi connectivity index (χ1v) is 5.47. The second-order valence-electron chi connectivity index (χ2n) is 3.83. The smallest absolute Gasteiger partial charge is 0.143 e. The molecule has 2 aromatic carbocycles. The molecule has 0 aliphatic carbocycles. The molecule has 0 atom stereocenters. The summed E-state index contributed by atoms with van der Waals surface area (Å²) in [4.78, 5) is 1.41. The minimum absolute atomic E-state index is 0.108. The zero-order valence-electron chi connectivity index (χ0n) is 9.74. The predicted octanol–water partition coefficient (Wildman–Crippen LogP) is 2.13. The highest BCUT2D eigenvalue weighted by atomic mass is 16.5. The summed E-state index contributed by atoms with van der Waals surface area (Å²) in [7, 11) is 1.57. The van der Waals surface area contributed by atoms with E-state index in [1.807, 2.05) is 24.3 Å². The SMILES string of the molecule is COc1ccc(O)c(-n2nc3ccccc3n2)c1. The summed E-state index contributed by atoms with van der Waals surface area (Å²) in [5.41, 5.74) is 2.05. The Morgan fingerprint density at radius 1 is 1.06 bits per heavy atom. The molecule has 5 nitrogen and oxygen atoms in total. The fourth-order valence-electron chi connectivity index (χ4n) is 1.76. The summed E-state index contributed by atoms with van der Waals surface area (Å²) >= 11 is 0. The lowest BCUT2D eigenvalue weighted by Crippen LogP contribution is -1.99. The largest absolute Gasteiger partial charge is 0.506 e. The molecule has 0 radical (unpaired) electrons. The molecule has 0 saturated carbocycles. The zero-order chi connectivity index (χ0) is 12.5. The van der Waals surface area contributed by atoms with E-state index in [-0.39, 0.29) is 5.75 Å². The summed E-state index contributed by atoms with van der Waals surface area (Å²) in [6, 6.07) is 12.5. The molecular weight excluding hydrogens is 230 g/mol. The van der Waals surface area contributed by atoms with Crippen molar-refractivity contribution >= 4 is 11.0 Å². The first kappa shape index (κ1) is 10.6. The quantitative estimate of drug-likeness (QED) is 0.746. The van der Waals surface area contributed by atoms with Crippen LogP contribution < -0.4 is 4.74 Å². The fraction of sp³-hybridized carbons (Fsp3) is 0.0769. The number of phenolic OH excluding ortho intramolecular Hbond substituents is 1. The van der Waals surface area contributed by atoms with Gasteiger partial charge in [0, 0.05) is 6.07 Å². The number of aromatic nitrogens is 3. The van der Waals surface area contributed by atoms with Crippen molar-refractivity contribution in [1.29, 1.82) is 0 Å². The molecule has 0 bridgehead atoms. The summed E-state index contributed by atoms with van der Waals surface area (Å²) in [6.45, 7) is 0. The van der Waals surface area contributed by atoms with Crippen molar-refractivity contribution in [3.05, 3.63) is 42.5 Å². The Morgan fingerprint density at radius 2 is 1.72 bits per heavy atom. The molecule has 0 aliphatic heterocycles. The second kappa shape index (κ2) is 4.03. The van der Waals surface area contributed by atoms with Crippen LogP contribution in [-0.2, 0) is 0 Å². The number of nitrogens with zero attached hydrogens (tertiary/aromatic N) is 3. The zero-order valence-corrected chi connectivity index (χ0v) is 9.74. The molecule has 18 heavy (non-hydrogen) atoms. The van der Waals surface area contributed by atoms with E-state index in [0.717, 1.165) is 11.0 Å². The first-order valence-electron chi connectivity index (χ1n) is 5.47. The average molecular weight is 241 g/mol. The van der Waals surface area contributed by atoms with E-state index in [9.17, 15) is 5.11 Å². The highest BCUT2D eigenvalue weighted by Gasteiger charge is 2.09. The number of methoxy groups -OCH3 is 1. The lowest BCUT2D eigenvalue weighted by molar-refractivity contribution is 0.411. The van der Waals surface area contributed by atoms with Crippen LogP contribution in [0.25, 0.3) is 16.7 Å². The van der Waals surface area contributed by atoms with Crippen molar-refractivity contribution in [2.24, 2.45) is 0 Å². The summed E-state index contributed by atoms with van der Waals surface area (Å²) < 4.78 is 5.13. The molecule has 0 amide bonds. The predicted molar refractivity (Wildman–Crippen MR) is 67.1 cm³/mol. The van der Waals surface area contributed by atoms with Crippen LogP contribution in [0.1, 0.15) is 0 Å². The normalized spacial score (nSPS) is 10.7. The third-order valence-electron chi connectivity index (χ3n) is 2.68. The van der Waals surface area contributed by atoms with Gasteiger partial charge in [0.25, 0.3) is 0 Å². The van der Waals surface area contributed by atoms with E-state index >= 15 is 0 Å². The third kappa shape index (κ3) is 1.66. The number of aromatic hydroxyl groups is 1. The molecule has 5 heteroatoms. The molecule has 0 fully saturated rings. The van der Waals surface area contributed by atoms with Crippen molar-refractivity contribution in [3.63, 3.8) is 0 Å². The summed E-state index contributed by atoms with van der Waals surface area (Å²) in [5.74, 6) is 0.750. The van der Waals surface area contributed by atoms with Crippen LogP contribution in [0.2, 0.25) is 0 Å². The van der Waals surface area contributed by atoms with E-state index in [1.165, 1.54) is 4.80 Å². The Morgan fingerprint density at radius 3 is 2.33 bits per heavy atom. The van der Waals surface area contributed by atoms with Gasteiger partial charge in [0.05, 0.1) is 7.11 Å². The van der Waals surface area contributed by atoms with Gasteiger partial charge in [-0.25, -0.2) is 0 Å². The third-order valence-corrected chi connectivity index (χ3v) is 2.68. The first-order chi connectivity index (χ1) is 8.78. The van der Waals surface area contributed by atoms with Crippen molar-refractivity contribution in [1.82, 2.24) is 15.0 Å². The van der Waals surface area contributed by atoms with Crippen molar-refractivity contribution in [3.8, 4) is 17.2 Å². The highest BCUT2D eigenvalue weighted by Crippen LogP contribution is 2.26. The molecule has 1 heterocycles. The van der Waals surface area contributed by atoms with Crippen LogP contribution in [-0.4, -0.2) is 27.2 Å². The molecule has 90 valence electrons. The maximum Gasteiger partial charge on any atom is 0.143 e. The number of benzene rings is 2. The average Bonchev–Trinajstić information content (AvgIpc) is 2.82. The maximum atomic E-state index is 9.85. The minimum atomic E-state index is 0.108. The summed E-state index contributed by atoms with van der Waals surface area (Å²) in [5, 5.41) is 18.5. The van der Waals surface area contributed by atoms with Crippen LogP contribution in [0.15, 0.2) is 42.5 Å². The fourth-order valence-corrected chi connectivity index (χ4v) is 1.76. The van der Waals surface area contributed by atoms with Gasteiger partial charge in [-0.15, -0.1) is 15.0 Å². The molecule has 3 aromatic rings. The number of rotatable bonds is 2. The molecule has 3 rings (SSSR count). The maximum absolute atomic E-state index is 9.85. The van der Waals surface area contributed by atoms with Crippen LogP contribution in [0.3, 0.4) is 0 Å². The molecule has 0 unspecified atom stereocenters. The van der Waals surface area contributed by atoms with Crippen molar-refractivity contribution in [2.45, 2.75) is 0 Å². The molecule has 1 N–H and O–H groups in total. The van der Waals surface area contributed by atoms with Gasteiger partial charge in [-0.2, -0.15) is 0 Å². The summed E-state index contributed by atoms with van der Waals surface area (Å²) in [6.07, 6.45) is 0. The Kier molecular flexibility index (Phi) is 2.37. The van der Waals surface area contributed by atoms with Crippen molar-refractivity contribution in [2.75, 3.05) is 7.11 Å². The lowest BCUT2D eigenvalue weighted by Gasteiger charge is -2.05. The molecular formula is C13H11N3O2. The van der Waals surface area contributed by atoms with Crippen LogP contribution >= 0.6 is 0 Å². The second-order valence-corrected chi connectivity index (χ2v) is 3.83. The molecule has 0 saturated heterocycles. The molecule has 0 aliphatic rings. The molecule has 0 spiro atoms. The van der Waals surface area contributed by atoms with Crippen molar-refractivity contribution < 1.29 is 9.84 Å². The van der Waals surface area contributed by atoms with E-state index < -0.39 is 0 Å². The number of hydrogen-bond donors (Lipinski definition) is 1. The Bertz CT molecular complexity index is 673. The van der Waals surface area contributed by atoms with E-state index in [2.05, 4.69) is 10.2 Å². The van der Waals surface area contributed by atoms with Gasteiger partial charge in [-0.3, -0.25) is 0 Å². The van der Waals surface area contributed by atoms with Gasteiger partial charge in [0.2, 0.25) is 0 Å². The van der Waals surface area contributed by atoms with Crippen LogP contribution in [0, 0.1) is 0 Å². The highest BCUT2D eigenvalue weighted by molar-refractivity contribution is 5.73. The number of fused-ring (bicyclic) bond motifs is 1. The number of phenols is 1. The van der Waals surface area contributed by atoms with Gasteiger partial charge >= 0.3 is 0 Å². The van der Waals surface area contributed by atoms with Gasteiger partial charge in [0.15, 0.2) is 0 Å². The monoisotopic (exact) mass is 241 g/mol. The van der Waals surface area contributed by atoms with Crippen LogP contribution in [0.4, 0.5) is 0 Å². The van der Waals surface area contributed by atoms with Gasteiger partial charge in [-0.05, 0) is 24.3 Å². The van der Waals surface area contributed by atoms with Gasteiger partial charge < -0.3 is 9.84 Å². The van der Waals surface area contributed by atoms with E-state index in [0.29, 0.717) is 11.4 Å². The Hall–Kier alpha value is -2.56. The van der Waals surface area contributed by atoms with Gasteiger partial charge in [-0.1, -0.05) is 12.1 Å². The standard InChI is InChI=1S/C13H11N3O2/c1-18-9-6-7-13(17)12(8-9)16-14-10-4-2-3-5-11(10)15-16/h2-8,17H,1H3. The Labute approximate surface area is 103 Å². The lowest BCUT2D eigenvalue weighted by atomic mass is 10.3. The van der Waals surface area contributed by atoms with E-state index in [4.69, 9.17) is 4.74 Å². The van der Waals surface area contributed by atoms with Crippen LogP contribution in [0.5, 0.6) is 11.5 Å². The van der Waals surface area contributed by atoms with Gasteiger partial charge in [0.1, 0.15) is 28.2 Å². The van der Waals surface area contributed by atoms with E-state index in [1.54, 1.807) is 25.3 Å². The number of hydrogen-bond acceptors (Lipinski definition) is 4.